The van der Waals surface area contributed by atoms with Gasteiger partial charge < -0.3 is 8.98 Å². The predicted octanol–water partition coefficient (Wildman–Crippen LogP) is 4.23. The van der Waals surface area contributed by atoms with Gasteiger partial charge in [0.15, 0.2) is 5.16 Å². The third-order valence-corrected chi connectivity index (χ3v) is 5.79. The second-order valence-corrected chi connectivity index (χ2v) is 8.23. The van der Waals surface area contributed by atoms with Crippen LogP contribution >= 0.6 is 11.8 Å². The molecule has 0 bridgehead atoms. The van der Waals surface area contributed by atoms with Gasteiger partial charge in [-0.1, -0.05) is 41.6 Å². The molecular weight excluding hydrogens is 386 g/mol. The summed E-state index contributed by atoms with van der Waals surface area (Å²) < 4.78 is 7.55. The van der Waals surface area contributed by atoms with Gasteiger partial charge in [-0.05, 0) is 38.5 Å². The topological polar surface area (TPSA) is 76.5 Å². The molecule has 4 rings (SSSR count). The van der Waals surface area contributed by atoms with Crippen molar-refractivity contribution in [2.24, 2.45) is 5.10 Å². The first-order valence-corrected chi connectivity index (χ1v) is 10.5. The van der Waals surface area contributed by atoms with Crippen LogP contribution in [0, 0.1) is 6.92 Å². The van der Waals surface area contributed by atoms with Gasteiger partial charge in [-0.2, -0.15) is 5.10 Å². The number of hydrazone groups is 1. The summed E-state index contributed by atoms with van der Waals surface area (Å²) in [6.07, 6.45) is 3.93. The van der Waals surface area contributed by atoms with Crippen LogP contribution in [0.2, 0.25) is 0 Å². The lowest BCUT2D eigenvalue weighted by Gasteiger charge is -2.19. The van der Waals surface area contributed by atoms with Crippen molar-refractivity contribution in [2.45, 2.75) is 44.4 Å². The lowest BCUT2D eigenvalue weighted by atomic mass is 10.0. The number of amides is 1. The molecule has 1 aliphatic heterocycles. The molecule has 0 spiro atoms. The van der Waals surface area contributed by atoms with Gasteiger partial charge >= 0.3 is 0 Å². The second kappa shape index (κ2) is 8.24. The van der Waals surface area contributed by atoms with E-state index in [1.54, 1.807) is 17.6 Å². The van der Waals surface area contributed by atoms with Crippen molar-refractivity contribution in [1.29, 1.82) is 0 Å². The first-order valence-electron chi connectivity index (χ1n) is 9.55. The smallest absolute Gasteiger partial charge is 0.253 e. The zero-order chi connectivity index (χ0) is 20.4. The van der Waals surface area contributed by atoms with E-state index in [1.165, 1.54) is 17.3 Å². The normalized spacial score (nSPS) is 16.5. The van der Waals surface area contributed by atoms with Crippen molar-refractivity contribution in [3.8, 4) is 0 Å². The van der Waals surface area contributed by atoms with Gasteiger partial charge in [0.05, 0.1) is 17.7 Å². The zero-order valence-electron chi connectivity index (χ0n) is 16.6. The number of carbonyl (C=O) groups is 1. The Balaban J connectivity index is 1.55. The average Bonchev–Trinajstić information content (AvgIpc) is 3.46. The maximum Gasteiger partial charge on any atom is 0.253 e. The monoisotopic (exact) mass is 409 g/mol. The average molecular weight is 410 g/mol. The Kier molecular flexibility index (Phi) is 5.53. The Morgan fingerprint density at radius 2 is 2.07 bits per heavy atom. The van der Waals surface area contributed by atoms with Crippen molar-refractivity contribution in [1.82, 2.24) is 19.8 Å². The fourth-order valence-corrected chi connectivity index (χ4v) is 4.14. The number of benzene rings is 1. The van der Waals surface area contributed by atoms with Crippen LogP contribution in [0.3, 0.4) is 0 Å². The molecule has 3 heterocycles. The molecule has 7 nitrogen and oxygen atoms in total. The minimum atomic E-state index is -0.239. The first kappa shape index (κ1) is 19.4. The number of aryl methyl sites for hydroxylation is 1. The van der Waals surface area contributed by atoms with Gasteiger partial charge in [0.2, 0.25) is 0 Å². The molecule has 150 valence electrons. The van der Waals surface area contributed by atoms with Crippen LogP contribution in [0.25, 0.3) is 0 Å². The number of thioether (sulfide) groups is 1. The molecule has 2 aromatic heterocycles. The maximum atomic E-state index is 13.1. The standard InChI is InChI=1S/C21H23N5O2S/c1-14(2)25-13-22-23-21(25)29-12-20(27)26-18(19-5-4-10-28-19)11-17(24-26)16-8-6-15(3)7-9-16/h4-10,13-14,18H,11-12H2,1-3H3/t18-/m0/s1. The summed E-state index contributed by atoms with van der Waals surface area (Å²) in [5.41, 5.74) is 3.10. The largest absolute Gasteiger partial charge is 0.467 e. The second-order valence-electron chi connectivity index (χ2n) is 7.29. The minimum Gasteiger partial charge on any atom is -0.467 e. The summed E-state index contributed by atoms with van der Waals surface area (Å²) in [7, 11) is 0. The van der Waals surface area contributed by atoms with E-state index in [0.717, 1.165) is 22.2 Å². The van der Waals surface area contributed by atoms with Gasteiger partial charge in [-0.25, -0.2) is 5.01 Å². The van der Waals surface area contributed by atoms with Crippen LogP contribution in [0.4, 0.5) is 0 Å². The minimum absolute atomic E-state index is 0.0863. The Bertz CT molecular complexity index is 1010. The van der Waals surface area contributed by atoms with E-state index in [4.69, 9.17) is 4.42 Å². The molecule has 3 aromatic rings. The van der Waals surface area contributed by atoms with Gasteiger partial charge in [0.25, 0.3) is 5.91 Å². The van der Waals surface area contributed by atoms with Crippen molar-refractivity contribution >= 4 is 23.4 Å². The Morgan fingerprint density at radius 1 is 1.28 bits per heavy atom. The molecule has 0 N–H and O–H groups in total. The highest BCUT2D eigenvalue weighted by atomic mass is 32.2. The molecular formula is C21H23N5O2S. The van der Waals surface area contributed by atoms with Crippen LogP contribution in [-0.2, 0) is 4.79 Å². The summed E-state index contributed by atoms with van der Waals surface area (Å²) in [6.45, 7) is 6.16. The molecule has 0 saturated carbocycles. The zero-order valence-corrected chi connectivity index (χ0v) is 17.5. The summed E-state index contributed by atoms with van der Waals surface area (Å²) in [4.78, 5) is 13.1. The van der Waals surface area contributed by atoms with Gasteiger partial charge in [0.1, 0.15) is 18.1 Å². The lowest BCUT2D eigenvalue weighted by Crippen LogP contribution is -2.28. The third-order valence-electron chi connectivity index (χ3n) is 4.84. The van der Waals surface area contributed by atoms with Crippen LogP contribution in [0.1, 0.15) is 49.2 Å². The van der Waals surface area contributed by atoms with E-state index in [1.807, 2.05) is 28.8 Å². The SMILES string of the molecule is Cc1ccc(C2=NN(C(=O)CSc3nncn3C(C)C)[C@H](c3ccco3)C2)cc1. The van der Waals surface area contributed by atoms with E-state index < -0.39 is 0 Å². The van der Waals surface area contributed by atoms with Gasteiger partial charge in [-0.15, -0.1) is 10.2 Å². The fourth-order valence-electron chi connectivity index (χ4n) is 3.25. The number of aromatic nitrogens is 3. The Hall–Kier alpha value is -2.87. The highest BCUT2D eigenvalue weighted by Gasteiger charge is 2.34. The number of carbonyl (C=O) groups excluding carboxylic acids is 1. The number of rotatable bonds is 6. The first-order chi connectivity index (χ1) is 14.0. The summed E-state index contributed by atoms with van der Waals surface area (Å²) in [5, 5.41) is 15.0. The fraction of sp³-hybridized carbons (Fsp3) is 0.333. The van der Waals surface area contributed by atoms with E-state index in [2.05, 4.69) is 48.2 Å². The number of furan rings is 1. The third kappa shape index (κ3) is 4.12. The van der Waals surface area contributed by atoms with E-state index in [-0.39, 0.29) is 23.7 Å². The quantitative estimate of drug-likeness (QED) is 0.570. The van der Waals surface area contributed by atoms with Gasteiger partial charge in [0, 0.05) is 12.5 Å². The van der Waals surface area contributed by atoms with E-state index in [0.29, 0.717) is 6.42 Å². The Labute approximate surface area is 173 Å². The van der Waals surface area contributed by atoms with Crippen molar-refractivity contribution < 1.29 is 9.21 Å². The molecule has 1 atom stereocenters. The van der Waals surface area contributed by atoms with Crippen molar-refractivity contribution in [3.05, 3.63) is 65.9 Å². The molecule has 1 aliphatic rings. The number of hydrogen-bond acceptors (Lipinski definition) is 6. The van der Waals surface area contributed by atoms with E-state index in [9.17, 15) is 4.79 Å². The Morgan fingerprint density at radius 3 is 2.76 bits per heavy atom. The molecule has 0 aliphatic carbocycles. The van der Waals surface area contributed by atoms with Crippen LogP contribution in [0.15, 0.2) is 63.7 Å². The van der Waals surface area contributed by atoms with Gasteiger partial charge in [-0.3, -0.25) is 4.79 Å². The highest BCUT2D eigenvalue weighted by molar-refractivity contribution is 7.99. The van der Waals surface area contributed by atoms with Crippen molar-refractivity contribution in [3.63, 3.8) is 0 Å². The molecule has 0 unspecified atom stereocenters. The number of nitrogens with zero attached hydrogens (tertiary/aromatic N) is 5. The molecule has 0 fully saturated rings. The van der Waals surface area contributed by atoms with Crippen LogP contribution in [-0.4, -0.2) is 37.1 Å². The number of hydrogen-bond donors (Lipinski definition) is 0. The lowest BCUT2D eigenvalue weighted by molar-refractivity contribution is -0.130. The highest BCUT2D eigenvalue weighted by Crippen LogP contribution is 2.34. The van der Waals surface area contributed by atoms with Crippen LogP contribution < -0.4 is 0 Å². The maximum absolute atomic E-state index is 13.1. The molecule has 8 heteroatoms. The summed E-state index contributed by atoms with van der Waals surface area (Å²) >= 11 is 1.37. The molecule has 29 heavy (non-hydrogen) atoms. The summed E-state index contributed by atoms with van der Waals surface area (Å²) in [6, 6.07) is 11.9. The van der Waals surface area contributed by atoms with E-state index >= 15 is 0 Å². The van der Waals surface area contributed by atoms with Crippen LogP contribution in [0.5, 0.6) is 0 Å². The molecule has 0 radical (unpaired) electrons. The molecule has 0 saturated heterocycles. The predicted molar refractivity (Wildman–Crippen MR) is 112 cm³/mol. The van der Waals surface area contributed by atoms with Crippen molar-refractivity contribution in [2.75, 3.05) is 5.75 Å². The molecule has 1 amide bonds. The summed E-state index contributed by atoms with van der Waals surface area (Å²) in [5.74, 6) is 0.879. The molecule has 1 aromatic carbocycles.